The van der Waals surface area contributed by atoms with Crippen molar-refractivity contribution < 1.29 is 9.13 Å². The van der Waals surface area contributed by atoms with Crippen molar-refractivity contribution in [3.05, 3.63) is 47.5 Å². The molecule has 0 spiro atoms. The van der Waals surface area contributed by atoms with Crippen molar-refractivity contribution in [1.29, 1.82) is 0 Å². The molecule has 0 aliphatic rings. The second-order valence-corrected chi connectivity index (χ2v) is 3.82. The summed E-state index contributed by atoms with van der Waals surface area (Å²) in [6.07, 6.45) is 3.53. The number of halogens is 1. The Bertz CT molecular complexity index is 524. The molecule has 4 nitrogen and oxygen atoms in total. The second kappa shape index (κ2) is 4.55. The third kappa shape index (κ3) is 2.29. The number of nitrogens with zero attached hydrogens (tertiary/aromatic N) is 2. The number of methoxy groups -OCH3 is 1. The molecule has 0 saturated carbocycles. The molecule has 5 heteroatoms. The van der Waals surface area contributed by atoms with E-state index in [1.165, 1.54) is 13.2 Å². The first-order valence-corrected chi connectivity index (χ1v) is 5.19. The summed E-state index contributed by atoms with van der Waals surface area (Å²) in [6, 6.07) is 4.27. The van der Waals surface area contributed by atoms with Crippen molar-refractivity contribution in [3.8, 4) is 5.75 Å². The molecule has 1 atom stereocenters. The molecule has 1 heterocycles. The van der Waals surface area contributed by atoms with Gasteiger partial charge in [-0.15, -0.1) is 0 Å². The van der Waals surface area contributed by atoms with Gasteiger partial charge in [0.15, 0.2) is 11.6 Å². The number of benzene rings is 1. The minimum Gasteiger partial charge on any atom is -0.494 e. The lowest BCUT2D eigenvalue weighted by Gasteiger charge is -2.11. The number of rotatable bonds is 3. The number of hydrogen-bond donors (Lipinski definition) is 1. The summed E-state index contributed by atoms with van der Waals surface area (Å²) in [4.78, 5) is 0. The van der Waals surface area contributed by atoms with Crippen LogP contribution in [0, 0.1) is 5.82 Å². The maximum Gasteiger partial charge on any atom is 0.165 e. The van der Waals surface area contributed by atoms with E-state index in [1.54, 1.807) is 23.0 Å². The molecule has 2 N–H and O–H groups in total. The fraction of sp³-hybridized carbons (Fsp3) is 0.250. The quantitative estimate of drug-likeness (QED) is 0.879. The largest absolute Gasteiger partial charge is 0.494 e. The number of hydrogen-bond acceptors (Lipinski definition) is 3. The SMILES string of the molecule is COc1cc(C(N)c2cnn(C)c2)ccc1F. The van der Waals surface area contributed by atoms with Gasteiger partial charge >= 0.3 is 0 Å². The van der Waals surface area contributed by atoms with Crippen LogP contribution in [-0.4, -0.2) is 16.9 Å². The minimum absolute atomic E-state index is 0.196. The van der Waals surface area contributed by atoms with Crippen LogP contribution in [0.25, 0.3) is 0 Å². The molecule has 0 saturated heterocycles. The molecule has 0 bridgehead atoms. The van der Waals surface area contributed by atoms with E-state index in [0.717, 1.165) is 11.1 Å². The highest BCUT2D eigenvalue weighted by Gasteiger charge is 2.13. The van der Waals surface area contributed by atoms with Crippen molar-refractivity contribution in [2.24, 2.45) is 12.8 Å². The van der Waals surface area contributed by atoms with Gasteiger partial charge in [0.05, 0.1) is 19.3 Å². The van der Waals surface area contributed by atoms with Gasteiger partial charge in [-0.1, -0.05) is 6.07 Å². The van der Waals surface area contributed by atoms with Gasteiger partial charge in [0.1, 0.15) is 0 Å². The minimum atomic E-state index is -0.394. The first-order chi connectivity index (χ1) is 8.11. The number of ether oxygens (including phenoxy) is 1. The lowest BCUT2D eigenvalue weighted by atomic mass is 10.0. The van der Waals surface area contributed by atoms with E-state index in [0.29, 0.717) is 0 Å². The zero-order chi connectivity index (χ0) is 12.4. The van der Waals surface area contributed by atoms with Gasteiger partial charge in [0, 0.05) is 18.8 Å². The molecule has 0 aliphatic carbocycles. The maximum atomic E-state index is 13.3. The fourth-order valence-electron chi connectivity index (χ4n) is 1.66. The number of aromatic nitrogens is 2. The fourth-order valence-corrected chi connectivity index (χ4v) is 1.66. The van der Waals surface area contributed by atoms with Crippen LogP contribution in [0.5, 0.6) is 5.75 Å². The Morgan fingerprint density at radius 1 is 1.41 bits per heavy atom. The van der Waals surface area contributed by atoms with Gasteiger partial charge in [-0.05, 0) is 17.7 Å². The Balaban J connectivity index is 2.34. The first-order valence-electron chi connectivity index (χ1n) is 5.19. The smallest absolute Gasteiger partial charge is 0.165 e. The molecule has 0 amide bonds. The van der Waals surface area contributed by atoms with Gasteiger partial charge in [-0.25, -0.2) is 4.39 Å². The predicted molar refractivity (Wildman–Crippen MR) is 62.2 cm³/mol. The molecule has 0 fully saturated rings. The molecular formula is C12H14FN3O. The Morgan fingerprint density at radius 3 is 2.76 bits per heavy atom. The third-order valence-corrected chi connectivity index (χ3v) is 2.62. The van der Waals surface area contributed by atoms with Crippen LogP contribution < -0.4 is 10.5 Å². The topological polar surface area (TPSA) is 53.1 Å². The molecule has 1 aromatic heterocycles. The van der Waals surface area contributed by atoms with Crippen LogP contribution in [0.15, 0.2) is 30.6 Å². The standard InChI is InChI=1S/C12H14FN3O/c1-16-7-9(6-15-16)12(14)8-3-4-10(13)11(5-8)17-2/h3-7,12H,14H2,1-2H3. The first kappa shape index (κ1) is 11.6. The van der Waals surface area contributed by atoms with E-state index in [9.17, 15) is 4.39 Å². The highest BCUT2D eigenvalue weighted by atomic mass is 19.1. The van der Waals surface area contributed by atoms with Gasteiger partial charge in [-0.2, -0.15) is 5.10 Å². The molecule has 1 aromatic carbocycles. The van der Waals surface area contributed by atoms with Crippen molar-refractivity contribution in [1.82, 2.24) is 9.78 Å². The van der Waals surface area contributed by atoms with Crippen LogP contribution in [0.4, 0.5) is 4.39 Å². The zero-order valence-corrected chi connectivity index (χ0v) is 9.72. The highest BCUT2D eigenvalue weighted by molar-refractivity contribution is 5.36. The van der Waals surface area contributed by atoms with E-state index in [4.69, 9.17) is 10.5 Å². The Labute approximate surface area is 98.8 Å². The van der Waals surface area contributed by atoms with Crippen LogP contribution >= 0.6 is 0 Å². The lowest BCUT2D eigenvalue weighted by Crippen LogP contribution is -2.11. The van der Waals surface area contributed by atoms with E-state index in [1.807, 2.05) is 13.2 Å². The van der Waals surface area contributed by atoms with E-state index in [2.05, 4.69) is 5.10 Å². The molecule has 0 radical (unpaired) electrons. The number of nitrogens with two attached hydrogens (primary N) is 1. The van der Waals surface area contributed by atoms with E-state index < -0.39 is 5.82 Å². The maximum absolute atomic E-state index is 13.3. The molecule has 17 heavy (non-hydrogen) atoms. The van der Waals surface area contributed by atoms with Crippen molar-refractivity contribution in [3.63, 3.8) is 0 Å². The van der Waals surface area contributed by atoms with Crippen LogP contribution in [0.1, 0.15) is 17.2 Å². The van der Waals surface area contributed by atoms with Gasteiger partial charge in [0.2, 0.25) is 0 Å². The Kier molecular flexibility index (Phi) is 3.10. The predicted octanol–water partition coefficient (Wildman–Crippen LogP) is 1.62. The molecular weight excluding hydrogens is 221 g/mol. The third-order valence-electron chi connectivity index (χ3n) is 2.62. The Hall–Kier alpha value is -1.88. The van der Waals surface area contributed by atoms with Gasteiger partial charge < -0.3 is 10.5 Å². The normalized spacial score (nSPS) is 12.5. The van der Waals surface area contributed by atoms with E-state index >= 15 is 0 Å². The lowest BCUT2D eigenvalue weighted by molar-refractivity contribution is 0.385. The summed E-state index contributed by atoms with van der Waals surface area (Å²) < 4.78 is 19.9. The molecule has 2 aromatic rings. The summed E-state index contributed by atoms with van der Waals surface area (Å²) in [6.45, 7) is 0. The summed E-state index contributed by atoms with van der Waals surface area (Å²) in [7, 11) is 3.25. The summed E-state index contributed by atoms with van der Waals surface area (Å²) in [5.74, 6) is -0.198. The monoisotopic (exact) mass is 235 g/mol. The van der Waals surface area contributed by atoms with Crippen LogP contribution in [0.3, 0.4) is 0 Å². The van der Waals surface area contributed by atoms with E-state index in [-0.39, 0.29) is 11.8 Å². The molecule has 2 rings (SSSR count). The summed E-state index contributed by atoms with van der Waals surface area (Å²) in [5.41, 5.74) is 7.74. The average Bonchev–Trinajstić information content (AvgIpc) is 2.75. The van der Waals surface area contributed by atoms with Gasteiger partial charge in [-0.3, -0.25) is 4.68 Å². The second-order valence-electron chi connectivity index (χ2n) is 3.82. The molecule has 90 valence electrons. The number of aryl methyl sites for hydroxylation is 1. The summed E-state index contributed by atoms with van der Waals surface area (Å²) >= 11 is 0. The highest BCUT2D eigenvalue weighted by Crippen LogP contribution is 2.25. The van der Waals surface area contributed by atoms with Crippen molar-refractivity contribution in [2.45, 2.75) is 6.04 Å². The molecule has 0 aliphatic heterocycles. The molecule has 1 unspecified atom stereocenters. The van der Waals surface area contributed by atoms with Crippen molar-refractivity contribution in [2.75, 3.05) is 7.11 Å². The van der Waals surface area contributed by atoms with Crippen LogP contribution in [-0.2, 0) is 7.05 Å². The average molecular weight is 235 g/mol. The zero-order valence-electron chi connectivity index (χ0n) is 9.72. The Morgan fingerprint density at radius 2 is 2.18 bits per heavy atom. The summed E-state index contributed by atoms with van der Waals surface area (Å²) in [5, 5.41) is 4.05. The van der Waals surface area contributed by atoms with Crippen LogP contribution in [0.2, 0.25) is 0 Å². The van der Waals surface area contributed by atoms with Gasteiger partial charge in [0.25, 0.3) is 0 Å². The van der Waals surface area contributed by atoms with Crippen molar-refractivity contribution >= 4 is 0 Å².